The molecule has 0 saturated carbocycles. The summed E-state index contributed by atoms with van der Waals surface area (Å²) >= 11 is 7.22. The van der Waals surface area contributed by atoms with Crippen LogP contribution in [-0.4, -0.2) is 16.9 Å². The molecule has 2 rings (SSSR count). The lowest BCUT2D eigenvalue weighted by Crippen LogP contribution is -2.39. The van der Waals surface area contributed by atoms with Crippen molar-refractivity contribution in [1.82, 2.24) is 4.98 Å². The molecule has 0 aliphatic carbocycles. The first-order valence-corrected chi connectivity index (χ1v) is 7.51. The number of nitrogens with zero attached hydrogens (tertiary/aromatic N) is 1. The van der Waals surface area contributed by atoms with E-state index in [0.717, 1.165) is 11.3 Å². The molecule has 1 heterocycles. The molecule has 4 nitrogen and oxygen atoms in total. The van der Waals surface area contributed by atoms with Crippen LogP contribution >= 0.6 is 22.9 Å². The molecule has 1 amide bonds. The van der Waals surface area contributed by atoms with Gasteiger partial charge in [-0.2, -0.15) is 0 Å². The number of carbonyl (C=O) groups excluding carboxylic acids is 1. The number of hydrogen-bond donors (Lipinski definition) is 2. The summed E-state index contributed by atoms with van der Waals surface area (Å²) in [4.78, 5) is 16.2. The van der Waals surface area contributed by atoms with Gasteiger partial charge in [-0.15, -0.1) is 11.3 Å². The Morgan fingerprint density at radius 2 is 2.00 bits per heavy atom. The fourth-order valence-electron chi connectivity index (χ4n) is 1.58. The van der Waals surface area contributed by atoms with Crippen LogP contribution in [0.2, 0.25) is 5.02 Å². The molecule has 0 spiro atoms. The Balaban J connectivity index is 2.09. The highest BCUT2D eigenvalue weighted by molar-refractivity contribution is 7.14. The van der Waals surface area contributed by atoms with Gasteiger partial charge in [-0.05, 0) is 18.1 Å². The zero-order valence-corrected chi connectivity index (χ0v) is 12.8. The number of anilines is 1. The number of carbonyl (C=O) groups is 1. The summed E-state index contributed by atoms with van der Waals surface area (Å²) in [6.45, 7) is 3.82. The van der Waals surface area contributed by atoms with Gasteiger partial charge in [0.2, 0.25) is 5.91 Å². The molecule has 0 aliphatic heterocycles. The smallest absolute Gasteiger partial charge is 0.243 e. The summed E-state index contributed by atoms with van der Waals surface area (Å²) in [6.07, 6.45) is 0. The molecule has 1 aromatic carbocycles. The summed E-state index contributed by atoms with van der Waals surface area (Å²) in [5, 5.41) is 5.86. The van der Waals surface area contributed by atoms with Gasteiger partial charge in [0.1, 0.15) is 0 Å². The van der Waals surface area contributed by atoms with E-state index in [2.05, 4.69) is 10.3 Å². The highest BCUT2D eigenvalue weighted by Gasteiger charge is 2.18. The maximum Gasteiger partial charge on any atom is 0.243 e. The molecule has 0 saturated heterocycles. The molecule has 0 fully saturated rings. The zero-order valence-electron chi connectivity index (χ0n) is 11.3. The molecule has 0 radical (unpaired) electrons. The normalized spacial score (nSPS) is 12.4. The summed E-state index contributed by atoms with van der Waals surface area (Å²) in [5.41, 5.74) is 7.56. The highest BCUT2D eigenvalue weighted by Crippen LogP contribution is 2.26. The van der Waals surface area contributed by atoms with Crippen molar-refractivity contribution in [2.75, 3.05) is 5.32 Å². The first-order chi connectivity index (χ1) is 9.47. The number of nitrogens with two attached hydrogens (primary N) is 1. The number of thiazole rings is 1. The lowest BCUT2D eigenvalue weighted by molar-refractivity contribution is -0.118. The third-order valence-corrected chi connectivity index (χ3v) is 3.90. The Hall–Kier alpha value is -1.43. The molecular formula is C14H16ClN3OS. The lowest BCUT2D eigenvalue weighted by atomic mass is 10.1. The first kappa shape index (κ1) is 15.0. The quantitative estimate of drug-likeness (QED) is 0.909. The molecule has 2 aromatic rings. The van der Waals surface area contributed by atoms with E-state index >= 15 is 0 Å². The molecule has 6 heteroatoms. The number of rotatable bonds is 4. The van der Waals surface area contributed by atoms with Crippen LogP contribution < -0.4 is 11.1 Å². The monoisotopic (exact) mass is 309 g/mol. The zero-order chi connectivity index (χ0) is 14.7. The largest absolute Gasteiger partial charge is 0.320 e. The molecule has 20 heavy (non-hydrogen) atoms. The number of amides is 1. The van der Waals surface area contributed by atoms with E-state index in [0.29, 0.717) is 10.2 Å². The van der Waals surface area contributed by atoms with E-state index in [9.17, 15) is 4.79 Å². The second kappa shape index (κ2) is 6.35. The van der Waals surface area contributed by atoms with Gasteiger partial charge < -0.3 is 11.1 Å². The van der Waals surface area contributed by atoms with Crippen LogP contribution in [0.5, 0.6) is 0 Å². The number of hydrogen-bond acceptors (Lipinski definition) is 4. The van der Waals surface area contributed by atoms with Crippen molar-refractivity contribution in [2.24, 2.45) is 11.7 Å². The topological polar surface area (TPSA) is 68.0 Å². The van der Waals surface area contributed by atoms with E-state index in [1.165, 1.54) is 11.3 Å². The van der Waals surface area contributed by atoms with E-state index < -0.39 is 6.04 Å². The molecule has 1 aromatic heterocycles. The lowest BCUT2D eigenvalue weighted by Gasteiger charge is -2.13. The molecular weight excluding hydrogens is 294 g/mol. The fraction of sp³-hybridized carbons (Fsp3) is 0.286. The van der Waals surface area contributed by atoms with E-state index in [1.54, 1.807) is 0 Å². The molecule has 1 atom stereocenters. The molecule has 3 N–H and O–H groups in total. The molecule has 0 unspecified atom stereocenters. The van der Waals surface area contributed by atoms with Crippen LogP contribution in [0.3, 0.4) is 0 Å². The third-order valence-electron chi connectivity index (χ3n) is 2.90. The number of nitrogens with one attached hydrogen (secondary N) is 1. The van der Waals surface area contributed by atoms with Crippen molar-refractivity contribution in [2.45, 2.75) is 19.9 Å². The van der Waals surface area contributed by atoms with Gasteiger partial charge in [-0.25, -0.2) is 4.98 Å². The number of benzene rings is 1. The third kappa shape index (κ3) is 3.56. The van der Waals surface area contributed by atoms with Crippen LogP contribution in [0.4, 0.5) is 5.13 Å². The summed E-state index contributed by atoms with van der Waals surface area (Å²) in [5.74, 6) is -0.122. The van der Waals surface area contributed by atoms with Crippen molar-refractivity contribution in [1.29, 1.82) is 0 Å². The van der Waals surface area contributed by atoms with Gasteiger partial charge in [-0.1, -0.05) is 37.6 Å². The van der Waals surface area contributed by atoms with E-state index in [4.69, 9.17) is 17.3 Å². The number of halogens is 1. The summed E-state index contributed by atoms with van der Waals surface area (Å²) < 4.78 is 0. The maximum absolute atomic E-state index is 11.9. The predicted octanol–water partition coefficient (Wildman–Crippen LogP) is 3.39. The minimum absolute atomic E-state index is 0.0886. The van der Waals surface area contributed by atoms with Crippen molar-refractivity contribution in [3.8, 4) is 11.3 Å². The maximum atomic E-state index is 11.9. The second-order valence-electron chi connectivity index (χ2n) is 4.80. The Morgan fingerprint density at radius 3 is 2.60 bits per heavy atom. The Kier molecular flexibility index (Phi) is 4.75. The minimum atomic E-state index is -0.530. The Morgan fingerprint density at radius 1 is 1.35 bits per heavy atom. The van der Waals surface area contributed by atoms with Gasteiger partial charge in [0.25, 0.3) is 0 Å². The van der Waals surface area contributed by atoms with E-state index in [1.807, 2.05) is 43.5 Å². The number of aromatic nitrogens is 1. The van der Waals surface area contributed by atoms with Crippen molar-refractivity contribution in [3.63, 3.8) is 0 Å². The molecule has 0 aliphatic rings. The van der Waals surface area contributed by atoms with Crippen LogP contribution in [0.1, 0.15) is 13.8 Å². The predicted molar refractivity (Wildman–Crippen MR) is 84.0 cm³/mol. The van der Waals surface area contributed by atoms with Gasteiger partial charge >= 0.3 is 0 Å². The van der Waals surface area contributed by atoms with Crippen molar-refractivity contribution in [3.05, 3.63) is 34.7 Å². The fourth-order valence-corrected chi connectivity index (χ4v) is 2.42. The first-order valence-electron chi connectivity index (χ1n) is 6.25. The average Bonchev–Trinajstić information content (AvgIpc) is 2.87. The molecule has 106 valence electrons. The minimum Gasteiger partial charge on any atom is -0.320 e. The van der Waals surface area contributed by atoms with Crippen LogP contribution in [0.15, 0.2) is 29.6 Å². The van der Waals surface area contributed by atoms with Crippen LogP contribution in [0.25, 0.3) is 11.3 Å². The highest BCUT2D eigenvalue weighted by atomic mass is 35.5. The summed E-state index contributed by atoms with van der Waals surface area (Å²) in [7, 11) is 0. The Bertz CT molecular complexity index is 595. The van der Waals surface area contributed by atoms with Gasteiger partial charge in [0, 0.05) is 16.0 Å². The standard InChI is InChI=1S/C14H16ClN3OS/c1-8(2)12(16)13(19)18-14-17-11(7-20-14)9-3-5-10(15)6-4-9/h3-8,12H,16H2,1-2H3,(H,17,18,19)/t12-/m0/s1. The van der Waals surface area contributed by atoms with Crippen LogP contribution in [0, 0.1) is 5.92 Å². The van der Waals surface area contributed by atoms with E-state index in [-0.39, 0.29) is 11.8 Å². The van der Waals surface area contributed by atoms with Crippen molar-refractivity contribution < 1.29 is 4.79 Å². The average molecular weight is 310 g/mol. The van der Waals surface area contributed by atoms with Gasteiger partial charge in [-0.3, -0.25) is 4.79 Å². The summed E-state index contributed by atoms with van der Waals surface area (Å²) in [6, 6.07) is 6.87. The second-order valence-corrected chi connectivity index (χ2v) is 6.10. The van der Waals surface area contributed by atoms with Crippen molar-refractivity contribution >= 4 is 34.0 Å². The van der Waals surface area contributed by atoms with Crippen LogP contribution in [-0.2, 0) is 4.79 Å². The van der Waals surface area contributed by atoms with Gasteiger partial charge in [0.15, 0.2) is 5.13 Å². The van der Waals surface area contributed by atoms with Gasteiger partial charge in [0.05, 0.1) is 11.7 Å². The molecule has 0 bridgehead atoms. The Labute approximate surface area is 127 Å². The SMILES string of the molecule is CC(C)[C@H](N)C(=O)Nc1nc(-c2ccc(Cl)cc2)cs1.